The first kappa shape index (κ1) is 18.2. The molecule has 1 aromatic heterocycles. The molecular formula is C15H22N2O4S3. The van der Waals surface area contributed by atoms with Gasteiger partial charge < -0.3 is 9.64 Å². The Morgan fingerprint density at radius 1 is 1.21 bits per heavy atom. The second-order valence-corrected chi connectivity index (χ2v) is 9.90. The van der Waals surface area contributed by atoms with Crippen molar-refractivity contribution < 1.29 is 17.9 Å². The normalized spacial score (nSPS) is 21.1. The SMILES string of the molecule is COC1CCN(C(=O)c2sccc2S(=O)(=O)N2CCSCC2)CC1. The first-order valence-electron chi connectivity index (χ1n) is 8.01. The summed E-state index contributed by atoms with van der Waals surface area (Å²) in [6.07, 6.45) is 1.77. The monoisotopic (exact) mass is 390 g/mol. The van der Waals surface area contributed by atoms with Crippen LogP contribution in [0.4, 0.5) is 0 Å². The Hall–Kier alpha value is -0.610. The molecule has 0 spiro atoms. The molecule has 1 amide bonds. The Labute approximate surface area is 151 Å². The average molecular weight is 391 g/mol. The number of carbonyl (C=O) groups excluding carboxylic acids is 1. The molecule has 0 N–H and O–H groups in total. The van der Waals surface area contributed by atoms with Crippen LogP contribution in [0.25, 0.3) is 0 Å². The van der Waals surface area contributed by atoms with Gasteiger partial charge in [0.25, 0.3) is 5.91 Å². The Kier molecular flexibility index (Phi) is 5.86. The number of carbonyl (C=O) groups is 1. The minimum atomic E-state index is -3.59. The van der Waals surface area contributed by atoms with E-state index in [0.717, 1.165) is 24.3 Å². The van der Waals surface area contributed by atoms with Gasteiger partial charge >= 0.3 is 0 Å². The molecule has 3 heterocycles. The molecular weight excluding hydrogens is 368 g/mol. The van der Waals surface area contributed by atoms with Crippen LogP contribution in [0.5, 0.6) is 0 Å². The molecule has 24 heavy (non-hydrogen) atoms. The number of thiophene rings is 1. The molecule has 0 aliphatic carbocycles. The summed E-state index contributed by atoms with van der Waals surface area (Å²) in [6, 6.07) is 1.57. The number of nitrogens with zero attached hydrogens (tertiary/aromatic N) is 2. The van der Waals surface area contributed by atoms with Gasteiger partial charge in [-0.25, -0.2) is 8.42 Å². The van der Waals surface area contributed by atoms with Gasteiger partial charge in [-0.1, -0.05) is 0 Å². The van der Waals surface area contributed by atoms with Crippen LogP contribution in [0, 0.1) is 0 Å². The fourth-order valence-corrected chi connectivity index (χ4v) is 6.96. The number of thioether (sulfide) groups is 1. The lowest BCUT2D eigenvalue weighted by Crippen LogP contribution is -2.42. The maximum absolute atomic E-state index is 12.9. The van der Waals surface area contributed by atoms with Crippen LogP contribution in [0.3, 0.4) is 0 Å². The molecule has 0 atom stereocenters. The zero-order valence-electron chi connectivity index (χ0n) is 13.6. The van der Waals surface area contributed by atoms with Gasteiger partial charge in [0.2, 0.25) is 10.0 Å². The molecule has 3 rings (SSSR count). The molecule has 0 unspecified atom stereocenters. The molecule has 9 heteroatoms. The third-order valence-corrected chi connectivity index (χ3v) is 8.39. The summed E-state index contributed by atoms with van der Waals surface area (Å²) in [5.41, 5.74) is 0. The first-order chi connectivity index (χ1) is 11.5. The highest BCUT2D eigenvalue weighted by atomic mass is 32.2. The largest absolute Gasteiger partial charge is 0.381 e. The van der Waals surface area contributed by atoms with E-state index in [1.807, 2.05) is 0 Å². The highest BCUT2D eigenvalue weighted by molar-refractivity contribution is 7.99. The van der Waals surface area contributed by atoms with E-state index in [1.54, 1.807) is 35.2 Å². The quantitative estimate of drug-likeness (QED) is 0.783. The molecule has 2 aliphatic rings. The van der Waals surface area contributed by atoms with E-state index < -0.39 is 10.0 Å². The number of hydrogen-bond acceptors (Lipinski definition) is 6. The number of hydrogen-bond donors (Lipinski definition) is 0. The lowest BCUT2D eigenvalue weighted by molar-refractivity contribution is 0.0351. The number of methoxy groups -OCH3 is 1. The third kappa shape index (κ3) is 3.65. The molecule has 2 fully saturated rings. The minimum Gasteiger partial charge on any atom is -0.381 e. The van der Waals surface area contributed by atoms with Crippen LogP contribution in [-0.4, -0.2) is 74.4 Å². The van der Waals surface area contributed by atoms with Gasteiger partial charge in [0.1, 0.15) is 9.77 Å². The van der Waals surface area contributed by atoms with Crippen molar-refractivity contribution >= 4 is 39.0 Å². The summed E-state index contributed by atoms with van der Waals surface area (Å²) in [6.45, 7) is 2.23. The molecule has 0 saturated carbocycles. The number of rotatable bonds is 4. The maximum atomic E-state index is 12.9. The number of sulfonamides is 1. The standard InChI is InChI=1S/C15H22N2O4S3/c1-21-12-2-5-16(6-3-12)15(18)14-13(4-9-23-14)24(19,20)17-7-10-22-11-8-17/h4,9,12H,2-3,5-8,10-11H2,1H3. The maximum Gasteiger partial charge on any atom is 0.265 e. The van der Waals surface area contributed by atoms with Gasteiger partial charge in [0.05, 0.1) is 6.10 Å². The van der Waals surface area contributed by atoms with E-state index in [-0.39, 0.29) is 16.9 Å². The average Bonchev–Trinajstić information content (AvgIpc) is 3.12. The summed E-state index contributed by atoms with van der Waals surface area (Å²) in [4.78, 5) is 15.1. The summed E-state index contributed by atoms with van der Waals surface area (Å²) in [7, 11) is -1.91. The molecule has 1 aromatic rings. The number of amides is 1. The van der Waals surface area contributed by atoms with Gasteiger partial charge in [-0.15, -0.1) is 11.3 Å². The fraction of sp³-hybridized carbons (Fsp3) is 0.667. The Bertz CT molecular complexity index is 675. The predicted molar refractivity (Wildman–Crippen MR) is 96.3 cm³/mol. The van der Waals surface area contributed by atoms with Crippen molar-refractivity contribution in [3.63, 3.8) is 0 Å². The third-order valence-electron chi connectivity index (χ3n) is 4.47. The van der Waals surface area contributed by atoms with Crippen molar-refractivity contribution in [2.75, 3.05) is 44.8 Å². The zero-order valence-corrected chi connectivity index (χ0v) is 16.1. The zero-order chi connectivity index (χ0) is 17.2. The highest BCUT2D eigenvalue weighted by Crippen LogP contribution is 2.29. The Morgan fingerprint density at radius 3 is 2.50 bits per heavy atom. The lowest BCUT2D eigenvalue weighted by atomic mass is 10.1. The van der Waals surface area contributed by atoms with Gasteiger partial charge in [-0.2, -0.15) is 16.1 Å². The fourth-order valence-electron chi connectivity index (χ4n) is 3.02. The van der Waals surface area contributed by atoms with Crippen molar-refractivity contribution in [3.8, 4) is 0 Å². The second kappa shape index (κ2) is 7.74. The molecule has 134 valence electrons. The first-order valence-corrected chi connectivity index (χ1v) is 11.5. The number of piperidine rings is 1. The van der Waals surface area contributed by atoms with Gasteiger partial charge in [-0.05, 0) is 24.3 Å². The van der Waals surface area contributed by atoms with Gasteiger partial charge in [-0.3, -0.25) is 4.79 Å². The van der Waals surface area contributed by atoms with Crippen molar-refractivity contribution in [1.82, 2.24) is 9.21 Å². The Morgan fingerprint density at radius 2 is 1.88 bits per heavy atom. The molecule has 2 aliphatic heterocycles. The van der Waals surface area contributed by atoms with Crippen LogP contribution in [-0.2, 0) is 14.8 Å². The smallest absolute Gasteiger partial charge is 0.265 e. The summed E-state index contributed by atoms with van der Waals surface area (Å²) < 4.78 is 32.6. The van der Waals surface area contributed by atoms with E-state index in [9.17, 15) is 13.2 Å². The molecule has 2 saturated heterocycles. The molecule has 0 radical (unpaired) electrons. The van der Waals surface area contributed by atoms with E-state index in [0.29, 0.717) is 31.1 Å². The van der Waals surface area contributed by atoms with Crippen molar-refractivity contribution in [1.29, 1.82) is 0 Å². The van der Waals surface area contributed by atoms with E-state index in [2.05, 4.69) is 0 Å². The summed E-state index contributed by atoms with van der Waals surface area (Å²) in [5, 5.41) is 1.70. The number of ether oxygens (including phenoxy) is 1. The lowest BCUT2D eigenvalue weighted by Gasteiger charge is -2.31. The Balaban J connectivity index is 1.78. The van der Waals surface area contributed by atoms with Crippen molar-refractivity contribution in [3.05, 3.63) is 16.3 Å². The highest BCUT2D eigenvalue weighted by Gasteiger charge is 2.33. The molecule has 0 bridgehead atoms. The van der Waals surface area contributed by atoms with E-state index >= 15 is 0 Å². The van der Waals surface area contributed by atoms with E-state index in [4.69, 9.17) is 4.74 Å². The van der Waals surface area contributed by atoms with Crippen LogP contribution in [0.15, 0.2) is 16.3 Å². The van der Waals surface area contributed by atoms with Crippen LogP contribution >= 0.6 is 23.1 Å². The molecule has 6 nitrogen and oxygen atoms in total. The summed E-state index contributed by atoms with van der Waals surface area (Å²) >= 11 is 2.97. The molecule has 0 aromatic carbocycles. The van der Waals surface area contributed by atoms with Gasteiger partial charge in [0, 0.05) is 44.8 Å². The van der Waals surface area contributed by atoms with Crippen molar-refractivity contribution in [2.45, 2.75) is 23.8 Å². The van der Waals surface area contributed by atoms with Crippen molar-refractivity contribution in [2.24, 2.45) is 0 Å². The van der Waals surface area contributed by atoms with Crippen LogP contribution < -0.4 is 0 Å². The summed E-state index contributed by atoms with van der Waals surface area (Å²) in [5.74, 6) is 1.43. The van der Waals surface area contributed by atoms with Crippen LogP contribution in [0.1, 0.15) is 22.5 Å². The predicted octanol–water partition coefficient (Wildman–Crippen LogP) is 1.74. The van der Waals surface area contributed by atoms with Crippen LogP contribution in [0.2, 0.25) is 0 Å². The second-order valence-electron chi connectivity index (χ2n) is 5.86. The number of likely N-dealkylation sites (tertiary alicyclic amines) is 1. The van der Waals surface area contributed by atoms with Gasteiger partial charge in [0.15, 0.2) is 0 Å². The van der Waals surface area contributed by atoms with E-state index in [1.165, 1.54) is 15.6 Å². The topological polar surface area (TPSA) is 66.9 Å². The minimum absolute atomic E-state index is 0.165.